The second-order valence-electron chi connectivity index (χ2n) is 6.40. The van der Waals surface area contributed by atoms with Gasteiger partial charge in [0, 0.05) is 5.92 Å². The summed E-state index contributed by atoms with van der Waals surface area (Å²) < 4.78 is 24.1. The molecule has 0 saturated heterocycles. The summed E-state index contributed by atoms with van der Waals surface area (Å²) in [6.07, 6.45) is 1.86. The lowest BCUT2D eigenvalue weighted by Crippen LogP contribution is -2.34. The fraction of sp³-hybridized carbons (Fsp3) is 0.273. The normalized spacial score (nSPS) is 19.4. The number of allylic oxidation sites excluding steroid dienone is 2. The number of ketones is 1. The lowest BCUT2D eigenvalue weighted by atomic mass is 9.73. The fourth-order valence-electron chi connectivity index (χ4n) is 3.46. The monoisotopic (exact) mass is 368 g/mol. The first-order chi connectivity index (χ1) is 13.0. The molecule has 0 unspecified atom stereocenters. The molecule has 140 valence electrons. The Hall–Kier alpha value is -2.95. The van der Waals surface area contributed by atoms with E-state index in [4.69, 9.17) is 9.47 Å². The van der Waals surface area contributed by atoms with Crippen molar-refractivity contribution in [2.75, 3.05) is 13.7 Å². The van der Waals surface area contributed by atoms with Crippen LogP contribution >= 0.6 is 0 Å². The first kappa shape index (κ1) is 18.8. The molecular weight excluding hydrogens is 347 g/mol. The van der Waals surface area contributed by atoms with Crippen LogP contribution < -0.4 is 4.74 Å². The number of ether oxygens (including phenoxy) is 2. The largest absolute Gasteiger partial charge is 0.497 e. The maximum atomic E-state index is 13.6. The third-order valence-corrected chi connectivity index (χ3v) is 4.72. The van der Waals surface area contributed by atoms with E-state index in [0.717, 1.165) is 5.56 Å². The highest BCUT2D eigenvalue weighted by Crippen LogP contribution is 2.41. The summed E-state index contributed by atoms with van der Waals surface area (Å²) in [5.74, 6) is -1.92. The van der Waals surface area contributed by atoms with E-state index in [-0.39, 0.29) is 18.2 Å². The van der Waals surface area contributed by atoms with Crippen LogP contribution in [0.3, 0.4) is 0 Å². The second-order valence-corrected chi connectivity index (χ2v) is 6.40. The van der Waals surface area contributed by atoms with Crippen LogP contribution in [0.25, 0.3) is 5.57 Å². The zero-order valence-electron chi connectivity index (χ0n) is 15.3. The highest BCUT2D eigenvalue weighted by atomic mass is 19.1. The molecule has 2 aromatic rings. The van der Waals surface area contributed by atoms with Gasteiger partial charge in [0.1, 0.15) is 17.5 Å². The number of carbonyl (C=O) groups is 2. The van der Waals surface area contributed by atoms with Crippen molar-refractivity contribution in [2.45, 2.75) is 19.3 Å². The van der Waals surface area contributed by atoms with Gasteiger partial charge in [-0.2, -0.15) is 0 Å². The number of halogens is 1. The Kier molecular flexibility index (Phi) is 5.69. The van der Waals surface area contributed by atoms with Crippen LogP contribution in [0.15, 0.2) is 54.6 Å². The molecule has 0 N–H and O–H groups in total. The number of rotatable bonds is 5. The zero-order chi connectivity index (χ0) is 19.4. The molecule has 0 amide bonds. The SMILES string of the molecule is CCOC(=O)[C@H]1C(=O)C=C(c2cccc(F)c2)C[C@H]1c1cccc(OC)c1. The summed E-state index contributed by atoms with van der Waals surface area (Å²) in [6.45, 7) is 1.91. The predicted octanol–water partition coefficient (Wildman–Crippen LogP) is 4.15. The summed E-state index contributed by atoms with van der Waals surface area (Å²) in [5, 5.41) is 0. The second kappa shape index (κ2) is 8.16. The van der Waals surface area contributed by atoms with Crippen molar-refractivity contribution in [3.05, 3.63) is 71.6 Å². The van der Waals surface area contributed by atoms with Crippen molar-refractivity contribution < 1.29 is 23.5 Å². The molecule has 0 spiro atoms. The van der Waals surface area contributed by atoms with Crippen LogP contribution in [-0.4, -0.2) is 25.5 Å². The molecule has 0 aliphatic heterocycles. The predicted molar refractivity (Wildman–Crippen MR) is 99.9 cm³/mol. The molecule has 5 heteroatoms. The number of hydrogen-bond acceptors (Lipinski definition) is 4. The van der Waals surface area contributed by atoms with Crippen LogP contribution in [0.5, 0.6) is 5.75 Å². The maximum absolute atomic E-state index is 13.6. The van der Waals surface area contributed by atoms with Crippen LogP contribution in [0.4, 0.5) is 4.39 Å². The van der Waals surface area contributed by atoms with Gasteiger partial charge < -0.3 is 9.47 Å². The van der Waals surface area contributed by atoms with E-state index in [1.807, 2.05) is 18.2 Å². The molecule has 0 aromatic heterocycles. The number of hydrogen-bond donors (Lipinski definition) is 0. The lowest BCUT2D eigenvalue weighted by molar-refractivity contribution is -0.151. The number of esters is 1. The summed E-state index contributed by atoms with van der Waals surface area (Å²) in [7, 11) is 1.56. The molecule has 4 nitrogen and oxygen atoms in total. The van der Waals surface area contributed by atoms with Crippen LogP contribution in [0.1, 0.15) is 30.4 Å². The van der Waals surface area contributed by atoms with E-state index in [9.17, 15) is 14.0 Å². The molecule has 3 rings (SSSR count). The molecule has 1 aliphatic rings. The average Bonchev–Trinajstić information content (AvgIpc) is 2.67. The molecule has 0 saturated carbocycles. The Bertz CT molecular complexity index is 887. The Balaban J connectivity index is 2.04. The Morgan fingerprint density at radius 1 is 1.19 bits per heavy atom. The molecule has 0 fully saturated rings. The standard InChI is InChI=1S/C22H21FO4/c1-3-27-22(25)21-19(15-7-5-9-18(11-15)26-2)12-16(13-20(21)24)14-6-4-8-17(23)10-14/h4-11,13,19,21H,3,12H2,1-2H3/t19-,21+/m0/s1. The smallest absolute Gasteiger partial charge is 0.317 e. The molecule has 2 aromatic carbocycles. The molecule has 27 heavy (non-hydrogen) atoms. The zero-order valence-corrected chi connectivity index (χ0v) is 15.3. The summed E-state index contributed by atoms with van der Waals surface area (Å²) in [6, 6.07) is 13.4. The van der Waals surface area contributed by atoms with E-state index in [2.05, 4.69) is 0 Å². The topological polar surface area (TPSA) is 52.6 Å². The maximum Gasteiger partial charge on any atom is 0.317 e. The number of methoxy groups -OCH3 is 1. The molecule has 2 atom stereocenters. The number of carbonyl (C=O) groups excluding carboxylic acids is 2. The van der Waals surface area contributed by atoms with E-state index in [0.29, 0.717) is 23.3 Å². The minimum Gasteiger partial charge on any atom is -0.497 e. The van der Waals surface area contributed by atoms with Crippen LogP contribution in [0.2, 0.25) is 0 Å². The van der Waals surface area contributed by atoms with Gasteiger partial charge in [-0.1, -0.05) is 24.3 Å². The molecule has 0 bridgehead atoms. The minimum absolute atomic E-state index is 0.202. The highest BCUT2D eigenvalue weighted by Gasteiger charge is 2.39. The van der Waals surface area contributed by atoms with Gasteiger partial charge in [-0.15, -0.1) is 0 Å². The van der Waals surface area contributed by atoms with E-state index >= 15 is 0 Å². The van der Waals surface area contributed by atoms with Crippen molar-refractivity contribution in [1.29, 1.82) is 0 Å². The van der Waals surface area contributed by atoms with Crippen LogP contribution in [0, 0.1) is 11.7 Å². The van der Waals surface area contributed by atoms with Gasteiger partial charge in [0.15, 0.2) is 5.78 Å². The quantitative estimate of drug-likeness (QED) is 0.588. The summed E-state index contributed by atoms with van der Waals surface area (Å²) >= 11 is 0. The van der Waals surface area contributed by atoms with E-state index in [1.54, 1.807) is 32.2 Å². The van der Waals surface area contributed by atoms with Gasteiger partial charge in [-0.25, -0.2) is 4.39 Å². The fourth-order valence-corrected chi connectivity index (χ4v) is 3.46. The lowest BCUT2D eigenvalue weighted by Gasteiger charge is -2.29. The van der Waals surface area contributed by atoms with E-state index < -0.39 is 17.8 Å². The third-order valence-electron chi connectivity index (χ3n) is 4.72. The van der Waals surface area contributed by atoms with Gasteiger partial charge >= 0.3 is 5.97 Å². The van der Waals surface area contributed by atoms with E-state index in [1.165, 1.54) is 18.2 Å². The van der Waals surface area contributed by atoms with Gasteiger partial charge in [0.2, 0.25) is 0 Å². The summed E-state index contributed by atoms with van der Waals surface area (Å²) in [5.41, 5.74) is 2.15. The van der Waals surface area contributed by atoms with Gasteiger partial charge in [0.05, 0.1) is 13.7 Å². The Labute approximate surface area is 157 Å². The average molecular weight is 368 g/mol. The molecule has 0 heterocycles. The van der Waals surface area contributed by atoms with Crippen molar-refractivity contribution in [3.63, 3.8) is 0 Å². The minimum atomic E-state index is -0.922. The van der Waals surface area contributed by atoms with Crippen molar-refractivity contribution >= 4 is 17.3 Å². The highest BCUT2D eigenvalue weighted by molar-refractivity contribution is 6.10. The van der Waals surface area contributed by atoms with Gasteiger partial charge in [0.25, 0.3) is 0 Å². The Morgan fingerprint density at radius 2 is 1.96 bits per heavy atom. The Morgan fingerprint density at radius 3 is 2.67 bits per heavy atom. The first-order valence-corrected chi connectivity index (χ1v) is 8.84. The molecule has 0 radical (unpaired) electrons. The summed E-state index contributed by atoms with van der Waals surface area (Å²) in [4.78, 5) is 25.3. The first-order valence-electron chi connectivity index (χ1n) is 8.84. The van der Waals surface area contributed by atoms with Gasteiger partial charge in [-0.3, -0.25) is 9.59 Å². The number of benzene rings is 2. The van der Waals surface area contributed by atoms with Gasteiger partial charge in [-0.05, 0) is 60.4 Å². The van der Waals surface area contributed by atoms with Crippen LogP contribution in [-0.2, 0) is 14.3 Å². The third kappa shape index (κ3) is 4.08. The van der Waals surface area contributed by atoms with Crippen molar-refractivity contribution in [3.8, 4) is 5.75 Å². The molecular formula is C22H21FO4. The van der Waals surface area contributed by atoms with Crippen molar-refractivity contribution in [2.24, 2.45) is 5.92 Å². The van der Waals surface area contributed by atoms with Crippen molar-refractivity contribution in [1.82, 2.24) is 0 Å². The molecule has 1 aliphatic carbocycles.